The smallest absolute Gasteiger partial charge is 0.160 e. The van der Waals surface area contributed by atoms with Crippen LogP contribution in [0.25, 0.3) is 22.6 Å². The highest BCUT2D eigenvalue weighted by Gasteiger charge is 2.15. The molecule has 0 aliphatic rings. The van der Waals surface area contributed by atoms with Crippen LogP contribution in [0.2, 0.25) is 0 Å². The molecule has 21 heavy (non-hydrogen) atoms. The standard InChI is InChI=1S/C15H14F2N4/c1-9-6-13-15(19-8-9)21(5-4-18)14(20-13)10-2-3-11(16)12(17)7-10/h2-3,6-8H,4-5,18H2,1H3. The summed E-state index contributed by atoms with van der Waals surface area (Å²) in [7, 11) is 0. The van der Waals surface area contributed by atoms with Gasteiger partial charge < -0.3 is 10.3 Å². The molecule has 0 aliphatic heterocycles. The van der Waals surface area contributed by atoms with E-state index >= 15 is 0 Å². The fraction of sp³-hybridized carbons (Fsp3) is 0.200. The normalized spacial score (nSPS) is 11.2. The number of imidazole rings is 1. The molecule has 3 rings (SSSR count). The number of nitrogens with zero attached hydrogens (tertiary/aromatic N) is 3. The van der Waals surface area contributed by atoms with Crippen LogP contribution in [0.3, 0.4) is 0 Å². The van der Waals surface area contributed by atoms with Crippen LogP contribution in [0.4, 0.5) is 8.78 Å². The van der Waals surface area contributed by atoms with Gasteiger partial charge in [0.25, 0.3) is 0 Å². The number of halogens is 2. The second-order valence-corrected chi connectivity index (χ2v) is 4.86. The Morgan fingerprint density at radius 2 is 2.00 bits per heavy atom. The summed E-state index contributed by atoms with van der Waals surface area (Å²) in [5.74, 6) is -1.25. The lowest BCUT2D eigenvalue weighted by Crippen LogP contribution is -2.11. The summed E-state index contributed by atoms with van der Waals surface area (Å²) in [6.07, 6.45) is 1.74. The fourth-order valence-corrected chi connectivity index (χ4v) is 2.31. The number of hydrogen-bond donors (Lipinski definition) is 1. The van der Waals surface area contributed by atoms with E-state index in [0.717, 1.165) is 17.7 Å². The predicted octanol–water partition coefficient (Wildman–Crippen LogP) is 2.64. The van der Waals surface area contributed by atoms with Crippen LogP contribution < -0.4 is 5.73 Å². The van der Waals surface area contributed by atoms with Crippen molar-refractivity contribution in [2.75, 3.05) is 6.54 Å². The quantitative estimate of drug-likeness (QED) is 0.806. The molecule has 6 heteroatoms. The van der Waals surface area contributed by atoms with E-state index in [0.29, 0.717) is 35.6 Å². The maximum absolute atomic E-state index is 13.4. The molecule has 2 aromatic heterocycles. The van der Waals surface area contributed by atoms with E-state index in [9.17, 15) is 8.78 Å². The van der Waals surface area contributed by atoms with Crippen molar-refractivity contribution in [3.05, 3.63) is 47.7 Å². The summed E-state index contributed by atoms with van der Waals surface area (Å²) in [6.45, 7) is 2.82. The van der Waals surface area contributed by atoms with Crippen molar-refractivity contribution in [1.29, 1.82) is 0 Å². The molecule has 0 fully saturated rings. The zero-order valence-electron chi connectivity index (χ0n) is 11.5. The van der Waals surface area contributed by atoms with Gasteiger partial charge in [-0.15, -0.1) is 0 Å². The van der Waals surface area contributed by atoms with Crippen molar-refractivity contribution >= 4 is 11.2 Å². The first kappa shape index (κ1) is 13.6. The van der Waals surface area contributed by atoms with Gasteiger partial charge in [-0.2, -0.15) is 0 Å². The van der Waals surface area contributed by atoms with E-state index < -0.39 is 11.6 Å². The molecular formula is C15H14F2N4. The minimum absolute atomic E-state index is 0.400. The van der Waals surface area contributed by atoms with Crippen molar-refractivity contribution in [3.63, 3.8) is 0 Å². The van der Waals surface area contributed by atoms with Gasteiger partial charge in [-0.3, -0.25) is 0 Å². The number of aromatic nitrogens is 3. The largest absolute Gasteiger partial charge is 0.329 e. The third-order valence-corrected chi connectivity index (χ3v) is 3.25. The molecule has 2 N–H and O–H groups in total. The first-order chi connectivity index (χ1) is 10.1. The van der Waals surface area contributed by atoms with Crippen molar-refractivity contribution in [1.82, 2.24) is 14.5 Å². The van der Waals surface area contributed by atoms with Gasteiger partial charge in [0.05, 0.1) is 0 Å². The highest BCUT2D eigenvalue weighted by Crippen LogP contribution is 2.25. The van der Waals surface area contributed by atoms with Gasteiger partial charge >= 0.3 is 0 Å². The molecule has 0 atom stereocenters. The molecular weight excluding hydrogens is 274 g/mol. The lowest BCUT2D eigenvalue weighted by Gasteiger charge is -2.07. The zero-order valence-corrected chi connectivity index (χ0v) is 11.5. The van der Waals surface area contributed by atoms with E-state index in [2.05, 4.69) is 9.97 Å². The van der Waals surface area contributed by atoms with Gasteiger partial charge in [0.1, 0.15) is 11.3 Å². The fourth-order valence-electron chi connectivity index (χ4n) is 2.31. The first-order valence-electron chi connectivity index (χ1n) is 6.58. The minimum atomic E-state index is -0.900. The van der Waals surface area contributed by atoms with Gasteiger partial charge in [-0.25, -0.2) is 18.7 Å². The monoisotopic (exact) mass is 288 g/mol. The molecule has 0 bridgehead atoms. The van der Waals surface area contributed by atoms with Crippen LogP contribution in [0.1, 0.15) is 5.56 Å². The number of fused-ring (bicyclic) bond motifs is 1. The third-order valence-electron chi connectivity index (χ3n) is 3.25. The van der Waals surface area contributed by atoms with Gasteiger partial charge in [-0.05, 0) is 36.8 Å². The van der Waals surface area contributed by atoms with Gasteiger partial charge in [0.2, 0.25) is 0 Å². The summed E-state index contributed by atoms with van der Waals surface area (Å²) in [5, 5.41) is 0. The average molecular weight is 288 g/mol. The summed E-state index contributed by atoms with van der Waals surface area (Å²) < 4.78 is 28.4. The first-order valence-corrected chi connectivity index (χ1v) is 6.58. The second-order valence-electron chi connectivity index (χ2n) is 4.86. The summed E-state index contributed by atoms with van der Waals surface area (Å²) in [4.78, 5) is 8.85. The predicted molar refractivity (Wildman–Crippen MR) is 76.7 cm³/mol. The molecule has 0 amide bonds. The molecule has 4 nitrogen and oxygen atoms in total. The van der Waals surface area contributed by atoms with Gasteiger partial charge in [0, 0.05) is 24.8 Å². The Morgan fingerprint density at radius 3 is 2.71 bits per heavy atom. The number of aryl methyl sites for hydroxylation is 1. The van der Waals surface area contributed by atoms with Crippen molar-refractivity contribution < 1.29 is 8.78 Å². The van der Waals surface area contributed by atoms with Gasteiger partial charge in [0.15, 0.2) is 17.3 Å². The Bertz CT molecular complexity index is 811. The summed E-state index contributed by atoms with van der Waals surface area (Å²) in [5.41, 5.74) is 8.51. The molecule has 108 valence electrons. The van der Waals surface area contributed by atoms with Gasteiger partial charge in [-0.1, -0.05) is 0 Å². The lowest BCUT2D eigenvalue weighted by molar-refractivity contribution is 0.509. The lowest BCUT2D eigenvalue weighted by atomic mass is 10.2. The van der Waals surface area contributed by atoms with Crippen LogP contribution in [0.5, 0.6) is 0 Å². The molecule has 0 saturated carbocycles. The van der Waals surface area contributed by atoms with E-state index in [1.807, 2.05) is 17.6 Å². The van der Waals surface area contributed by atoms with Crippen molar-refractivity contribution in [2.45, 2.75) is 13.5 Å². The van der Waals surface area contributed by atoms with E-state index in [1.54, 1.807) is 6.20 Å². The van der Waals surface area contributed by atoms with E-state index in [1.165, 1.54) is 6.07 Å². The molecule has 2 heterocycles. The number of rotatable bonds is 3. The highest BCUT2D eigenvalue weighted by atomic mass is 19.2. The number of pyridine rings is 1. The van der Waals surface area contributed by atoms with Crippen LogP contribution in [-0.2, 0) is 6.54 Å². The number of nitrogens with two attached hydrogens (primary N) is 1. The Balaban J connectivity index is 2.24. The van der Waals surface area contributed by atoms with Crippen molar-refractivity contribution in [3.8, 4) is 11.4 Å². The highest BCUT2D eigenvalue weighted by molar-refractivity contribution is 5.77. The molecule has 0 aliphatic carbocycles. The molecule has 1 aromatic carbocycles. The Kier molecular flexibility index (Phi) is 3.39. The topological polar surface area (TPSA) is 56.7 Å². The molecule has 0 saturated heterocycles. The molecule has 0 spiro atoms. The van der Waals surface area contributed by atoms with Crippen molar-refractivity contribution in [2.24, 2.45) is 5.73 Å². The SMILES string of the molecule is Cc1cnc2c(c1)nc(-c1ccc(F)c(F)c1)n2CCN. The zero-order chi connectivity index (χ0) is 15.0. The van der Waals surface area contributed by atoms with Crippen LogP contribution in [-0.4, -0.2) is 21.1 Å². The molecule has 0 unspecified atom stereocenters. The number of benzene rings is 1. The van der Waals surface area contributed by atoms with Crippen LogP contribution in [0, 0.1) is 18.6 Å². The maximum Gasteiger partial charge on any atom is 0.160 e. The Labute approximate surface area is 120 Å². The number of hydrogen-bond acceptors (Lipinski definition) is 3. The average Bonchev–Trinajstić information content (AvgIpc) is 2.80. The second kappa shape index (κ2) is 5.21. The van der Waals surface area contributed by atoms with E-state index in [-0.39, 0.29) is 0 Å². The molecule has 0 radical (unpaired) electrons. The third kappa shape index (κ3) is 2.38. The summed E-state index contributed by atoms with van der Waals surface area (Å²) >= 11 is 0. The Morgan fingerprint density at radius 1 is 1.19 bits per heavy atom. The maximum atomic E-state index is 13.4. The minimum Gasteiger partial charge on any atom is -0.329 e. The van der Waals surface area contributed by atoms with Crippen LogP contribution >= 0.6 is 0 Å². The van der Waals surface area contributed by atoms with Crippen LogP contribution in [0.15, 0.2) is 30.5 Å². The van der Waals surface area contributed by atoms with E-state index in [4.69, 9.17) is 5.73 Å². The summed E-state index contributed by atoms with van der Waals surface area (Å²) in [6, 6.07) is 5.63. The Hall–Kier alpha value is -2.34. The molecule has 3 aromatic rings.